The van der Waals surface area contributed by atoms with E-state index in [9.17, 15) is 0 Å². The Kier molecular flexibility index (Phi) is 8.36. The molecule has 1 atom stereocenters. The molecule has 0 aliphatic carbocycles. The van der Waals surface area contributed by atoms with Crippen molar-refractivity contribution in [2.45, 2.75) is 70.7 Å². The number of hydrogen-bond acceptors (Lipinski definition) is 1. The zero-order valence-electron chi connectivity index (χ0n) is 14.7. The molecular formula is C19H31IOSi. The summed E-state index contributed by atoms with van der Waals surface area (Å²) >= 11 is 2.30. The largest absolute Gasteiger partial charge is 0.411 e. The van der Waals surface area contributed by atoms with Crippen molar-refractivity contribution in [3.63, 3.8) is 0 Å². The van der Waals surface area contributed by atoms with Gasteiger partial charge in [-0.15, -0.1) is 0 Å². The van der Waals surface area contributed by atoms with Crippen molar-refractivity contribution in [2.75, 3.05) is 0 Å². The highest BCUT2D eigenvalue weighted by Gasteiger charge is 2.38. The number of benzene rings is 1. The Labute approximate surface area is 151 Å². The first kappa shape index (κ1) is 19.9. The molecule has 0 spiro atoms. The summed E-state index contributed by atoms with van der Waals surface area (Å²) in [7, 11) is -1.68. The van der Waals surface area contributed by atoms with Gasteiger partial charge in [0.25, 0.3) is 0 Å². The van der Waals surface area contributed by atoms with Crippen molar-refractivity contribution >= 4 is 30.9 Å². The first-order chi connectivity index (χ1) is 10.3. The van der Waals surface area contributed by atoms with Gasteiger partial charge in [-0.2, -0.15) is 0 Å². The van der Waals surface area contributed by atoms with Gasteiger partial charge in [-0.3, -0.25) is 0 Å². The van der Waals surface area contributed by atoms with Gasteiger partial charge in [-0.1, -0.05) is 86.2 Å². The molecule has 0 bridgehead atoms. The molecule has 1 rings (SSSR count). The fraction of sp³-hybridized carbons (Fsp3) is 0.579. The molecule has 0 aliphatic heterocycles. The normalized spacial score (nSPS) is 14.5. The third-order valence-corrected chi connectivity index (χ3v) is 9.51. The van der Waals surface area contributed by atoms with E-state index in [4.69, 9.17) is 4.43 Å². The van der Waals surface area contributed by atoms with Gasteiger partial charge >= 0.3 is 0 Å². The minimum Gasteiger partial charge on any atom is -0.411 e. The fourth-order valence-electron chi connectivity index (χ4n) is 2.15. The topological polar surface area (TPSA) is 9.23 Å². The summed E-state index contributed by atoms with van der Waals surface area (Å²) in [5, 5.41) is 0.272. The van der Waals surface area contributed by atoms with Gasteiger partial charge in [-0.05, 0) is 47.0 Å². The summed E-state index contributed by atoms with van der Waals surface area (Å²) in [6.45, 7) is 11.6. The Morgan fingerprint density at radius 2 is 1.77 bits per heavy atom. The van der Waals surface area contributed by atoms with Gasteiger partial charge in [0.2, 0.25) is 0 Å². The van der Waals surface area contributed by atoms with Gasteiger partial charge in [0, 0.05) is 0 Å². The lowest BCUT2D eigenvalue weighted by atomic mass is 10.1. The summed E-state index contributed by atoms with van der Waals surface area (Å²) in [6.07, 6.45) is 7.24. The molecule has 0 heterocycles. The number of hydrogen-bond donors (Lipinski definition) is 0. The zero-order valence-corrected chi connectivity index (χ0v) is 17.9. The lowest BCUT2D eigenvalue weighted by Crippen LogP contribution is -2.43. The third kappa shape index (κ3) is 6.96. The van der Waals surface area contributed by atoms with E-state index >= 15 is 0 Å². The van der Waals surface area contributed by atoms with E-state index in [1.165, 1.54) is 24.8 Å². The molecule has 0 aromatic heterocycles. The lowest BCUT2D eigenvalue weighted by molar-refractivity contribution is 0.211. The van der Waals surface area contributed by atoms with E-state index in [1.54, 1.807) is 0 Å². The Bertz CT molecular complexity index is 448. The average molecular weight is 430 g/mol. The van der Waals surface area contributed by atoms with Crippen LogP contribution in [0.4, 0.5) is 0 Å². The summed E-state index contributed by atoms with van der Waals surface area (Å²) in [4.78, 5) is 0. The fourth-order valence-corrected chi connectivity index (χ4v) is 3.92. The van der Waals surface area contributed by atoms with Gasteiger partial charge < -0.3 is 4.43 Å². The number of rotatable bonds is 8. The van der Waals surface area contributed by atoms with Gasteiger partial charge in [-0.25, -0.2) is 0 Å². The van der Waals surface area contributed by atoms with Crippen molar-refractivity contribution in [3.8, 4) is 0 Å². The van der Waals surface area contributed by atoms with Gasteiger partial charge in [0.05, 0.1) is 6.10 Å². The molecule has 1 aromatic carbocycles. The third-order valence-electron chi connectivity index (χ3n) is 4.59. The van der Waals surface area contributed by atoms with Crippen molar-refractivity contribution in [1.82, 2.24) is 0 Å². The maximum absolute atomic E-state index is 6.54. The monoisotopic (exact) mass is 430 g/mol. The second-order valence-corrected chi connectivity index (χ2v) is 12.9. The van der Waals surface area contributed by atoms with Crippen LogP contribution in [0.5, 0.6) is 0 Å². The highest BCUT2D eigenvalue weighted by Crippen LogP contribution is 2.38. The van der Waals surface area contributed by atoms with Crippen LogP contribution in [-0.4, -0.2) is 14.4 Å². The Hall–Kier alpha value is -0.133. The highest BCUT2D eigenvalue weighted by atomic mass is 127. The van der Waals surface area contributed by atoms with E-state index in [-0.39, 0.29) is 11.1 Å². The molecule has 124 valence electrons. The quantitative estimate of drug-likeness (QED) is 0.252. The minimum atomic E-state index is -1.68. The summed E-state index contributed by atoms with van der Waals surface area (Å²) in [5.41, 5.74) is 1.44. The second-order valence-electron chi connectivity index (χ2n) is 7.47. The molecule has 0 aliphatic rings. The van der Waals surface area contributed by atoms with E-state index in [0.717, 1.165) is 6.42 Å². The van der Waals surface area contributed by atoms with Crippen LogP contribution >= 0.6 is 22.6 Å². The molecule has 0 amide bonds. The van der Waals surface area contributed by atoms with Crippen LogP contribution in [0.3, 0.4) is 0 Å². The predicted molar refractivity (Wildman–Crippen MR) is 109 cm³/mol. The summed E-state index contributed by atoms with van der Waals surface area (Å²) in [5.74, 6) is 0. The van der Waals surface area contributed by atoms with Gasteiger partial charge in [0.15, 0.2) is 8.32 Å². The van der Waals surface area contributed by atoms with Crippen molar-refractivity contribution < 1.29 is 4.43 Å². The van der Waals surface area contributed by atoms with Crippen LogP contribution < -0.4 is 0 Å². The molecule has 22 heavy (non-hydrogen) atoms. The van der Waals surface area contributed by atoms with Crippen LogP contribution in [0.2, 0.25) is 18.1 Å². The number of aryl methyl sites for hydroxylation is 1. The SMILES string of the molecule is CC(C)(C)[Si](C)(C)O[C@H](/C=C/I)CCCCc1ccccc1. The molecule has 1 nitrogen and oxygen atoms in total. The van der Waals surface area contributed by atoms with Gasteiger partial charge in [0.1, 0.15) is 0 Å². The molecule has 0 fully saturated rings. The molecule has 3 heteroatoms. The van der Waals surface area contributed by atoms with Crippen LogP contribution in [0.15, 0.2) is 40.5 Å². The van der Waals surface area contributed by atoms with Crippen molar-refractivity contribution in [1.29, 1.82) is 0 Å². The van der Waals surface area contributed by atoms with Crippen LogP contribution in [0.25, 0.3) is 0 Å². The lowest BCUT2D eigenvalue weighted by Gasteiger charge is -2.38. The second kappa shape index (κ2) is 9.23. The van der Waals surface area contributed by atoms with Crippen molar-refractivity contribution in [2.24, 2.45) is 0 Å². The Morgan fingerprint density at radius 3 is 2.32 bits per heavy atom. The molecule has 0 unspecified atom stereocenters. The molecule has 0 N–H and O–H groups in total. The predicted octanol–water partition coefficient (Wildman–Crippen LogP) is 6.74. The maximum Gasteiger partial charge on any atom is 0.192 e. The first-order valence-electron chi connectivity index (χ1n) is 8.25. The molecule has 0 radical (unpaired) electrons. The smallest absolute Gasteiger partial charge is 0.192 e. The van der Waals surface area contributed by atoms with Crippen LogP contribution in [0, 0.1) is 0 Å². The minimum absolute atomic E-state index is 0.272. The number of halogens is 1. The van der Waals surface area contributed by atoms with E-state index < -0.39 is 8.32 Å². The molecule has 0 saturated carbocycles. The van der Waals surface area contributed by atoms with E-state index in [1.807, 2.05) is 0 Å². The zero-order chi connectivity index (χ0) is 16.6. The maximum atomic E-state index is 6.54. The molecule has 1 aromatic rings. The Morgan fingerprint density at radius 1 is 1.14 bits per heavy atom. The summed E-state index contributed by atoms with van der Waals surface area (Å²) < 4.78 is 8.65. The number of unbranched alkanes of at least 4 members (excludes halogenated alkanes) is 1. The average Bonchev–Trinajstić information content (AvgIpc) is 2.43. The summed E-state index contributed by atoms with van der Waals surface area (Å²) in [6, 6.07) is 10.8. The highest BCUT2D eigenvalue weighted by molar-refractivity contribution is 14.1. The first-order valence-corrected chi connectivity index (χ1v) is 12.4. The molecular weight excluding hydrogens is 399 g/mol. The Balaban J connectivity index is 2.45. The van der Waals surface area contributed by atoms with Crippen molar-refractivity contribution in [3.05, 3.63) is 46.1 Å². The van der Waals surface area contributed by atoms with E-state index in [0.29, 0.717) is 0 Å². The van der Waals surface area contributed by atoms with Crippen LogP contribution in [-0.2, 0) is 10.8 Å². The van der Waals surface area contributed by atoms with E-state index in [2.05, 4.69) is 96.9 Å². The molecule has 0 saturated heterocycles. The van der Waals surface area contributed by atoms with Crippen LogP contribution in [0.1, 0.15) is 45.6 Å². The standard InChI is InChI=1S/C19H31IOSi/c1-19(2,3)22(4,5)21-18(15-16-20)14-10-9-13-17-11-7-6-8-12-17/h6-8,11-12,15-16,18H,9-10,13-14H2,1-5H3/b16-15+/t18-/m0/s1.